The van der Waals surface area contributed by atoms with E-state index in [0.29, 0.717) is 23.7 Å². The van der Waals surface area contributed by atoms with Crippen LogP contribution in [0.4, 0.5) is 11.4 Å². The van der Waals surface area contributed by atoms with E-state index in [1.54, 1.807) is 48.5 Å². The second kappa shape index (κ2) is 11.8. The van der Waals surface area contributed by atoms with E-state index in [9.17, 15) is 13.2 Å². The molecular formula is C28H25ClN2O5S. The molecule has 0 aromatic heterocycles. The zero-order valence-electron chi connectivity index (χ0n) is 20.0. The fourth-order valence-electron chi connectivity index (χ4n) is 3.32. The highest BCUT2D eigenvalue weighted by Crippen LogP contribution is 2.28. The van der Waals surface area contributed by atoms with Crippen LogP contribution >= 0.6 is 11.6 Å². The van der Waals surface area contributed by atoms with Crippen LogP contribution in [0.5, 0.6) is 11.5 Å². The zero-order chi connectivity index (χ0) is 26.3. The molecule has 7 nitrogen and oxygen atoms in total. The summed E-state index contributed by atoms with van der Waals surface area (Å²) in [6.07, 6.45) is 0. The summed E-state index contributed by atoms with van der Waals surface area (Å²) in [6, 6.07) is 27.8. The molecule has 190 valence electrons. The second-order valence-corrected chi connectivity index (χ2v) is 10.3. The van der Waals surface area contributed by atoms with Gasteiger partial charge in [-0.05, 0) is 67.1 Å². The fourth-order valence-corrected chi connectivity index (χ4v) is 4.70. The van der Waals surface area contributed by atoms with Crippen LogP contribution in [0.2, 0.25) is 5.02 Å². The monoisotopic (exact) mass is 536 g/mol. The van der Waals surface area contributed by atoms with Gasteiger partial charge in [0.2, 0.25) is 0 Å². The fraction of sp³-hybridized carbons (Fsp3) is 0.107. The summed E-state index contributed by atoms with van der Waals surface area (Å²) < 4.78 is 39.1. The van der Waals surface area contributed by atoms with Gasteiger partial charge >= 0.3 is 0 Å². The number of carbonyl (C=O) groups excluding carboxylic acids is 1. The molecule has 0 radical (unpaired) electrons. The first kappa shape index (κ1) is 26.1. The van der Waals surface area contributed by atoms with E-state index >= 15 is 0 Å². The average Bonchev–Trinajstić information content (AvgIpc) is 2.89. The quantitative estimate of drug-likeness (QED) is 0.257. The number of anilines is 2. The molecule has 1 amide bonds. The van der Waals surface area contributed by atoms with Crippen LogP contribution in [0, 0.1) is 6.92 Å². The maximum Gasteiger partial charge on any atom is 0.262 e. The third kappa shape index (κ3) is 7.49. The summed E-state index contributed by atoms with van der Waals surface area (Å²) in [5, 5.41) is 2.80. The number of benzene rings is 4. The normalized spacial score (nSPS) is 11.0. The van der Waals surface area contributed by atoms with Crippen molar-refractivity contribution in [3.63, 3.8) is 0 Å². The summed E-state index contributed by atoms with van der Waals surface area (Å²) in [6.45, 7) is 2.05. The van der Waals surface area contributed by atoms with E-state index < -0.39 is 15.9 Å². The minimum atomic E-state index is -3.84. The van der Waals surface area contributed by atoms with E-state index in [1.807, 2.05) is 37.3 Å². The molecule has 0 unspecified atom stereocenters. The minimum absolute atomic E-state index is 0.0237. The number of aryl methyl sites for hydroxylation is 1. The van der Waals surface area contributed by atoms with Crippen LogP contribution in [0.25, 0.3) is 0 Å². The Morgan fingerprint density at radius 3 is 2.19 bits per heavy atom. The lowest BCUT2D eigenvalue weighted by molar-refractivity contribution is -0.118. The van der Waals surface area contributed by atoms with Crippen LogP contribution in [0.15, 0.2) is 102 Å². The van der Waals surface area contributed by atoms with Crippen molar-refractivity contribution in [3.05, 3.63) is 113 Å². The largest absolute Gasteiger partial charge is 0.489 e. The van der Waals surface area contributed by atoms with E-state index in [4.69, 9.17) is 21.1 Å². The molecule has 0 aliphatic heterocycles. The summed E-state index contributed by atoms with van der Waals surface area (Å²) in [5.41, 5.74) is 3.09. The van der Waals surface area contributed by atoms with Crippen molar-refractivity contribution in [1.29, 1.82) is 0 Å². The molecule has 0 aliphatic rings. The standard InChI is InChI=1S/C28H25ClN2O5S/c1-20-7-9-23(10-8-20)31-37(33,34)25-15-16-27(26(29)17-25)36-19-28(32)30-22-11-13-24(14-12-22)35-18-21-5-3-2-4-6-21/h2-17,31H,18-19H2,1H3,(H,30,32). The van der Waals surface area contributed by atoms with E-state index in [-0.39, 0.29) is 22.3 Å². The first-order chi connectivity index (χ1) is 17.8. The molecular weight excluding hydrogens is 512 g/mol. The van der Waals surface area contributed by atoms with Crippen LogP contribution in [0.1, 0.15) is 11.1 Å². The number of carbonyl (C=O) groups is 1. The number of nitrogens with one attached hydrogen (secondary N) is 2. The van der Waals surface area contributed by atoms with E-state index in [0.717, 1.165) is 11.1 Å². The molecule has 9 heteroatoms. The van der Waals surface area contributed by atoms with Gasteiger partial charge in [-0.15, -0.1) is 0 Å². The van der Waals surface area contributed by atoms with Crippen LogP contribution in [-0.2, 0) is 21.4 Å². The molecule has 4 aromatic carbocycles. The lowest BCUT2D eigenvalue weighted by Gasteiger charge is -2.12. The lowest BCUT2D eigenvalue weighted by atomic mass is 10.2. The second-order valence-electron chi connectivity index (χ2n) is 8.20. The molecule has 2 N–H and O–H groups in total. The van der Waals surface area contributed by atoms with Crippen molar-refractivity contribution in [2.45, 2.75) is 18.4 Å². The number of hydrogen-bond donors (Lipinski definition) is 2. The molecule has 0 bridgehead atoms. The maximum atomic E-state index is 12.7. The van der Waals surface area contributed by atoms with Crippen LogP contribution in [0.3, 0.4) is 0 Å². The minimum Gasteiger partial charge on any atom is -0.489 e. The number of halogens is 1. The molecule has 37 heavy (non-hydrogen) atoms. The number of rotatable bonds is 10. The van der Waals surface area contributed by atoms with Crippen molar-refractivity contribution in [2.75, 3.05) is 16.6 Å². The highest BCUT2D eigenvalue weighted by Gasteiger charge is 2.17. The molecule has 0 atom stereocenters. The van der Waals surface area contributed by atoms with Crippen molar-refractivity contribution in [3.8, 4) is 11.5 Å². The van der Waals surface area contributed by atoms with Gasteiger partial charge in [-0.1, -0.05) is 59.6 Å². The predicted octanol–water partition coefficient (Wildman–Crippen LogP) is 6.05. The van der Waals surface area contributed by atoms with Crippen LogP contribution < -0.4 is 19.5 Å². The summed E-state index contributed by atoms with van der Waals surface area (Å²) >= 11 is 6.23. The molecule has 0 saturated heterocycles. The Kier molecular flexibility index (Phi) is 8.32. The maximum absolute atomic E-state index is 12.7. The highest BCUT2D eigenvalue weighted by molar-refractivity contribution is 7.92. The first-order valence-electron chi connectivity index (χ1n) is 11.4. The number of sulfonamides is 1. The van der Waals surface area contributed by atoms with E-state index in [1.165, 1.54) is 18.2 Å². The van der Waals surface area contributed by atoms with Gasteiger partial charge in [-0.3, -0.25) is 9.52 Å². The summed E-state index contributed by atoms with van der Waals surface area (Å²) in [7, 11) is -3.84. The Labute approximate surface area is 221 Å². The van der Waals surface area contributed by atoms with E-state index in [2.05, 4.69) is 10.0 Å². The van der Waals surface area contributed by atoms with Gasteiger partial charge in [-0.25, -0.2) is 8.42 Å². The Morgan fingerprint density at radius 1 is 0.838 bits per heavy atom. The SMILES string of the molecule is Cc1ccc(NS(=O)(=O)c2ccc(OCC(=O)Nc3ccc(OCc4ccccc4)cc3)c(Cl)c2)cc1. The van der Waals surface area contributed by atoms with Crippen molar-refractivity contribution >= 4 is 38.9 Å². The Morgan fingerprint density at radius 2 is 1.51 bits per heavy atom. The van der Waals surface area contributed by atoms with Crippen molar-refractivity contribution in [1.82, 2.24) is 0 Å². The molecule has 0 aliphatic carbocycles. The number of ether oxygens (including phenoxy) is 2. The summed E-state index contributed by atoms with van der Waals surface area (Å²) in [5.74, 6) is 0.472. The van der Waals surface area contributed by atoms with Gasteiger partial charge in [0, 0.05) is 11.4 Å². The lowest BCUT2D eigenvalue weighted by Crippen LogP contribution is -2.20. The molecule has 0 saturated carbocycles. The average molecular weight is 537 g/mol. The van der Waals surface area contributed by atoms with Gasteiger partial charge in [-0.2, -0.15) is 0 Å². The van der Waals surface area contributed by atoms with Gasteiger partial charge < -0.3 is 14.8 Å². The smallest absolute Gasteiger partial charge is 0.262 e. The number of amides is 1. The molecule has 4 aromatic rings. The van der Waals surface area contributed by atoms with Crippen LogP contribution in [-0.4, -0.2) is 20.9 Å². The predicted molar refractivity (Wildman–Crippen MR) is 145 cm³/mol. The third-order valence-electron chi connectivity index (χ3n) is 5.26. The van der Waals surface area contributed by atoms with Gasteiger partial charge in [0.15, 0.2) is 6.61 Å². The summed E-state index contributed by atoms with van der Waals surface area (Å²) in [4.78, 5) is 12.3. The topological polar surface area (TPSA) is 93.7 Å². The first-order valence-corrected chi connectivity index (χ1v) is 13.2. The molecule has 0 heterocycles. The Balaban J connectivity index is 1.29. The van der Waals surface area contributed by atoms with Crippen molar-refractivity contribution < 1.29 is 22.7 Å². The number of hydrogen-bond acceptors (Lipinski definition) is 5. The van der Waals surface area contributed by atoms with Crippen molar-refractivity contribution in [2.24, 2.45) is 0 Å². The molecule has 0 spiro atoms. The molecule has 4 rings (SSSR count). The Bertz CT molecular complexity index is 1460. The third-order valence-corrected chi connectivity index (χ3v) is 6.94. The van der Waals surface area contributed by atoms with Gasteiger partial charge in [0.25, 0.3) is 15.9 Å². The van der Waals surface area contributed by atoms with Gasteiger partial charge in [0.05, 0.1) is 9.92 Å². The van der Waals surface area contributed by atoms with Gasteiger partial charge in [0.1, 0.15) is 18.1 Å². The highest BCUT2D eigenvalue weighted by atomic mass is 35.5. The Hall–Kier alpha value is -4.01. The zero-order valence-corrected chi connectivity index (χ0v) is 21.6. The molecule has 0 fully saturated rings.